The summed E-state index contributed by atoms with van der Waals surface area (Å²) < 4.78 is 15.6. The van der Waals surface area contributed by atoms with E-state index in [1.165, 1.54) is 6.07 Å². The van der Waals surface area contributed by atoms with Gasteiger partial charge in [-0.15, -0.1) is 0 Å². The Morgan fingerprint density at radius 1 is 1.35 bits per heavy atom. The van der Waals surface area contributed by atoms with Crippen molar-refractivity contribution in [1.82, 2.24) is 4.57 Å². The molecule has 0 amide bonds. The number of aromatic nitrogens is 1. The zero-order chi connectivity index (χ0) is 12.3. The number of rotatable bonds is 3. The lowest BCUT2D eigenvalue weighted by atomic mass is 10.1. The van der Waals surface area contributed by atoms with Crippen LogP contribution in [0.25, 0.3) is 0 Å². The predicted molar refractivity (Wildman–Crippen MR) is 62.5 cm³/mol. The Bertz CT molecular complexity index is 566. The molecule has 2 N–H and O–H groups in total. The molecule has 0 bridgehead atoms. The van der Waals surface area contributed by atoms with Gasteiger partial charge < -0.3 is 10.3 Å². The van der Waals surface area contributed by atoms with Gasteiger partial charge in [-0.25, -0.2) is 4.39 Å². The Morgan fingerprint density at radius 3 is 2.82 bits per heavy atom. The molecule has 3 nitrogen and oxygen atoms in total. The van der Waals surface area contributed by atoms with Gasteiger partial charge in [0.25, 0.3) is 0 Å². The van der Waals surface area contributed by atoms with Crippen molar-refractivity contribution in [2.45, 2.75) is 13.1 Å². The number of nitriles is 1. The molecule has 0 aliphatic rings. The van der Waals surface area contributed by atoms with Crippen LogP contribution in [-0.4, -0.2) is 4.57 Å². The van der Waals surface area contributed by atoms with E-state index in [4.69, 9.17) is 11.0 Å². The highest BCUT2D eigenvalue weighted by Crippen LogP contribution is 2.13. The maximum Gasteiger partial charge on any atom is 0.129 e. The molecular formula is C13H12FN3. The second kappa shape index (κ2) is 4.81. The zero-order valence-corrected chi connectivity index (χ0v) is 9.23. The van der Waals surface area contributed by atoms with Crippen molar-refractivity contribution in [2.75, 3.05) is 0 Å². The van der Waals surface area contributed by atoms with Crippen molar-refractivity contribution < 1.29 is 4.39 Å². The number of benzene rings is 1. The molecule has 86 valence electrons. The van der Waals surface area contributed by atoms with Gasteiger partial charge in [0, 0.05) is 24.0 Å². The average molecular weight is 229 g/mol. The van der Waals surface area contributed by atoms with Crippen LogP contribution in [0.3, 0.4) is 0 Å². The molecule has 0 radical (unpaired) electrons. The highest BCUT2D eigenvalue weighted by molar-refractivity contribution is 5.33. The Morgan fingerprint density at radius 2 is 2.18 bits per heavy atom. The maximum absolute atomic E-state index is 13.7. The van der Waals surface area contributed by atoms with E-state index in [2.05, 4.69) is 0 Å². The number of hydrogen-bond acceptors (Lipinski definition) is 2. The molecule has 0 saturated carbocycles. The van der Waals surface area contributed by atoms with E-state index in [1.54, 1.807) is 12.1 Å². The van der Waals surface area contributed by atoms with Gasteiger partial charge in [0.1, 0.15) is 5.82 Å². The van der Waals surface area contributed by atoms with Crippen molar-refractivity contribution in [1.29, 1.82) is 5.26 Å². The fourth-order valence-electron chi connectivity index (χ4n) is 1.72. The Balaban J connectivity index is 2.28. The summed E-state index contributed by atoms with van der Waals surface area (Å²) in [5.41, 5.74) is 7.41. The Labute approximate surface area is 98.9 Å². The first-order chi connectivity index (χ1) is 8.24. The standard InChI is InChI=1S/C13H12FN3/c14-13-6-10(7-15)3-4-11(13)9-17-5-1-2-12(17)8-16/h1-6H,8-9,16H2. The van der Waals surface area contributed by atoms with Crippen LogP contribution in [0.1, 0.15) is 16.8 Å². The SMILES string of the molecule is N#Cc1ccc(Cn2cccc2CN)c(F)c1. The molecular weight excluding hydrogens is 217 g/mol. The second-order valence-corrected chi connectivity index (χ2v) is 3.75. The van der Waals surface area contributed by atoms with E-state index in [-0.39, 0.29) is 5.82 Å². The summed E-state index contributed by atoms with van der Waals surface area (Å²) in [5, 5.41) is 8.65. The third-order valence-corrected chi connectivity index (χ3v) is 2.66. The molecule has 4 heteroatoms. The summed E-state index contributed by atoms with van der Waals surface area (Å²) >= 11 is 0. The van der Waals surface area contributed by atoms with Crippen LogP contribution >= 0.6 is 0 Å². The molecule has 0 spiro atoms. The van der Waals surface area contributed by atoms with E-state index in [0.29, 0.717) is 24.2 Å². The first-order valence-electron chi connectivity index (χ1n) is 5.27. The maximum atomic E-state index is 13.7. The lowest BCUT2D eigenvalue weighted by molar-refractivity contribution is 0.595. The molecule has 0 aliphatic heterocycles. The topological polar surface area (TPSA) is 54.7 Å². The van der Waals surface area contributed by atoms with Crippen LogP contribution in [0.2, 0.25) is 0 Å². The minimum Gasteiger partial charge on any atom is -0.346 e. The van der Waals surface area contributed by atoms with Gasteiger partial charge in [-0.2, -0.15) is 5.26 Å². The summed E-state index contributed by atoms with van der Waals surface area (Å²) in [5.74, 6) is -0.360. The van der Waals surface area contributed by atoms with Gasteiger partial charge >= 0.3 is 0 Å². The molecule has 2 rings (SSSR count). The van der Waals surface area contributed by atoms with Crippen molar-refractivity contribution >= 4 is 0 Å². The molecule has 17 heavy (non-hydrogen) atoms. The fourth-order valence-corrected chi connectivity index (χ4v) is 1.72. The van der Waals surface area contributed by atoms with Crippen LogP contribution < -0.4 is 5.73 Å². The lowest BCUT2D eigenvalue weighted by Gasteiger charge is -2.08. The quantitative estimate of drug-likeness (QED) is 0.875. The van der Waals surface area contributed by atoms with Gasteiger partial charge in [-0.3, -0.25) is 0 Å². The molecule has 0 unspecified atom stereocenters. The molecule has 0 saturated heterocycles. The van der Waals surface area contributed by atoms with Crippen molar-refractivity contribution in [3.8, 4) is 6.07 Å². The van der Waals surface area contributed by atoms with E-state index in [9.17, 15) is 4.39 Å². The van der Waals surface area contributed by atoms with Gasteiger partial charge in [0.15, 0.2) is 0 Å². The van der Waals surface area contributed by atoms with E-state index in [1.807, 2.05) is 29.0 Å². The van der Waals surface area contributed by atoms with Crippen LogP contribution in [0.15, 0.2) is 36.5 Å². The predicted octanol–water partition coefficient (Wildman–Crippen LogP) is 2.01. The summed E-state index contributed by atoms with van der Waals surface area (Å²) in [6, 6.07) is 10.2. The molecule has 1 aromatic carbocycles. The molecule has 1 aromatic heterocycles. The third kappa shape index (κ3) is 2.35. The second-order valence-electron chi connectivity index (χ2n) is 3.75. The normalized spacial score (nSPS) is 10.2. The van der Waals surface area contributed by atoms with Crippen LogP contribution in [-0.2, 0) is 13.1 Å². The van der Waals surface area contributed by atoms with Crippen LogP contribution in [0.5, 0.6) is 0 Å². The first-order valence-corrected chi connectivity index (χ1v) is 5.27. The van der Waals surface area contributed by atoms with Crippen LogP contribution in [0.4, 0.5) is 4.39 Å². The van der Waals surface area contributed by atoms with Crippen LogP contribution in [0, 0.1) is 17.1 Å². The highest BCUT2D eigenvalue weighted by atomic mass is 19.1. The Kier molecular flexibility index (Phi) is 3.22. The fraction of sp³-hybridized carbons (Fsp3) is 0.154. The third-order valence-electron chi connectivity index (χ3n) is 2.66. The molecule has 0 aliphatic carbocycles. The molecule has 0 fully saturated rings. The monoisotopic (exact) mass is 229 g/mol. The molecule has 2 aromatic rings. The minimum atomic E-state index is -0.360. The largest absolute Gasteiger partial charge is 0.346 e. The summed E-state index contributed by atoms with van der Waals surface area (Å²) in [6.07, 6.45) is 1.86. The van der Waals surface area contributed by atoms with E-state index >= 15 is 0 Å². The number of hydrogen-bond donors (Lipinski definition) is 1. The van der Waals surface area contributed by atoms with E-state index in [0.717, 1.165) is 5.69 Å². The van der Waals surface area contributed by atoms with Crippen molar-refractivity contribution in [3.05, 3.63) is 59.2 Å². The highest BCUT2D eigenvalue weighted by Gasteiger charge is 2.06. The summed E-state index contributed by atoms with van der Waals surface area (Å²) in [7, 11) is 0. The first kappa shape index (κ1) is 11.4. The number of nitrogens with zero attached hydrogens (tertiary/aromatic N) is 2. The minimum absolute atomic E-state index is 0.331. The van der Waals surface area contributed by atoms with E-state index < -0.39 is 0 Å². The summed E-state index contributed by atoms with van der Waals surface area (Å²) in [4.78, 5) is 0. The van der Waals surface area contributed by atoms with Gasteiger partial charge in [0.2, 0.25) is 0 Å². The van der Waals surface area contributed by atoms with Crippen molar-refractivity contribution in [3.63, 3.8) is 0 Å². The number of nitrogens with two attached hydrogens (primary N) is 1. The zero-order valence-electron chi connectivity index (χ0n) is 9.23. The van der Waals surface area contributed by atoms with Crippen molar-refractivity contribution in [2.24, 2.45) is 5.73 Å². The van der Waals surface area contributed by atoms with Gasteiger partial charge in [0.05, 0.1) is 18.2 Å². The summed E-state index contributed by atoms with van der Waals surface area (Å²) in [6.45, 7) is 0.849. The Hall–Kier alpha value is -2.12. The molecule has 1 heterocycles. The van der Waals surface area contributed by atoms with Gasteiger partial charge in [-0.1, -0.05) is 6.07 Å². The smallest absolute Gasteiger partial charge is 0.129 e. The lowest BCUT2D eigenvalue weighted by Crippen LogP contribution is -2.08. The number of halogens is 1. The van der Waals surface area contributed by atoms with Gasteiger partial charge in [-0.05, 0) is 24.3 Å². The molecule has 0 atom stereocenters. The average Bonchev–Trinajstić information content (AvgIpc) is 2.79.